The van der Waals surface area contributed by atoms with Crippen LogP contribution in [-0.2, 0) is 24.8 Å². The van der Waals surface area contributed by atoms with Gasteiger partial charge in [-0.1, -0.05) is 0 Å². The smallest absolute Gasteiger partial charge is 0.338 e. The standard InChI is InChI=1S/C18H22N4O3/c1-21-9-14(7-20-21)17-16(18(23)24)15-2-4-22(10-13(15)6-19-17)8-12-3-5-25-11-12/h6-7,9,12H,2-5,8,10-11H2,1H3,(H,23,24)/t12-/m0/s1. The summed E-state index contributed by atoms with van der Waals surface area (Å²) in [6, 6.07) is 0. The van der Waals surface area contributed by atoms with Gasteiger partial charge in [-0.15, -0.1) is 0 Å². The van der Waals surface area contributed by atoms with Gasteiger partial charge in [-0.3, -0.25) is 14.6 Å². The van der Waals surface area contributed by atoms with Gasteiger partial charge >= 0.3 is 5.97 Å². The van der Waals surface area contributed by atoms with E-state index in [1.165, 1.54) is 0 Å². The number of hydrogen-bond acceptors (Lipinski definition) is 5. The Morgan fingerprint density at radius 1 is 1.44 bits per heavy atom. The highest BCUT2D eigenvalue weighted by Gasteiger charge is 2.28. The Morgan fingerprint density at radius 3 is 3.00 bits per heavy atom. The third kappa shape index (κ3) is 3.17. The number of ether oxygens (including phenoxy) is 1. The first-order valence-electron chi connectivity index (χ1n) is 8.65. The second-order valence-electron chi connectivity index (χ2n) is 6.91. The maximum atomic E-state index is 11.9. The molecule has 7 heteroatoms. The lowest BCUT2D eigenvalue weighted by molar-refractivity contribution is 0.0695. The molecule has 2 aliphatic rings. The molecule has 25 heavy (non-hydrogen) atoms. The Hall–Kier alpha value is -2.25. The van der Waals surface area contributed by atoms with Gasteiger partial charge in [0, 0.05) is 51.2 Å². The molecular formula is C18H22N4O3. The summed E-state index contributed by atoms with van der Waals surface area (Å²) in [5.74, 6) is -0.330. The molecule has 0 spiro atoms. The van der Waals surface area contributed by atoms with E-state index in [9.17, 15) is 9.90 Å². The predicted octanol–water partition coefficient (Wildman–Crippen LogP) is 1.57. The summed E-state index contributed by atoms with van der Waals surface area (Å²) in [4.78, 5) is 18.8. The van der Waals surface area contributed by atoms with Gasteiger partial charge in [0.25, 0.3) is 0 Å². The molecule has 0 unspecified atom stereocenters. The van der Waals surface area contributed by atoms with Gasteiger partial charge in [0.15, 0.2) is 0 Å². The van der Waals surface area contributed by atoms with Crippen LogP contribution in [0.4, 0.5) is 0 Å². The summed E-state index contributed by atoms with van der Waals surface area (Å²) in [5, 5.41) is 13.9. The van der Waals surface area contributed by atoms with E-state index in [4.69, 9.17) is 4.74 Å². The van der Waals surface area contributed by atoms with Crippen LogP contribution in [0.15, 0.2) is 18.6 Å². The van der Waals surface area contributed by atoms with Crippen molar-refractivity contribution in [2.45, 2.75) is 19.4 Å². The number of aryl methyl sites for hydroxylation is 1. The van der Waals surface area contributed by atoms with E-state index < -0.39 is 5.97 Å². The zero-order chi connectivity index (χ0) is 17.4. The first-order valence-corrected chi connectivity index (χ1v) is 8.65. The summed E-state index contributed by atoms with van der Waals surface area (Å²) in [6.45, 7) is 4.33. The number of carboxylic acids is 1. The van der Waals surface area contributed by atoms with E-state index in [1.54, 1.807) is 17.1 Å². The van der Waals surface area contributed by atoms with Gasteiger partial charge in [0.2, 0.25) is 0 Å². The number of rotatable bonds is 4. The van der Waals surface area contributed by atoms with Crippen molar-refractivity contribution in [2.75, 3.05) is 26.3 Å². The highest BCUT2D eigenvalue weighted by Crippen LogP contribution is 2.30. The number of pyridine rings is 1. The number of aromatic nitrogens is 3. The lowest BCUT2D eigenvalue weighted by Crippen LogP contribution is -2.35. The van der Waals surface area contributed by atoms with Crippen LogP contribution in [0.25, 0.3) is 11.3 Å². The minimum Gasteiger partial charge on any atom is -0.478 e. The van der Waals surface area contributed by atoms with E-state index in [1.807, 2.05) is 13.2 Å². The highest BCUT2D eigenvalue weighted by molar-refractivity contribution is 5.96. The quantitative estimate of drug-likeness (QED) is 0.908. The third-order valence-electron chi connectivity index (χ3n) is 5.08. The fraction of sp³-hybridized carbons (Fsp3) is 0.500. The molecule has 2 aromatic heterocycles. The van der Waals surface area contributed by atoms with Crippen molar-refractivity contribution in [2.24, 2.45) is 13.0 Å². The van der Waals surface area contributed by atoms with Crippen LogP contribution in [0, 0.1) is 5.92 Å². The van der Waals surface area contributed by atoms with Gasteiger partial charge < -0.3 is 9.84 Å². The number of nitrogens with zero attached hydrogens (tertiary/aromatic N) is 4. The van der Waals surface area contributed by atoms with Crippen molar-refractivity contribution in [3.8, 4) is 11.3 Å². The van der Waals surface area contributed by atoms with Gasteiger partial charge in [-0.2, -0.15) is 5.10 Å². The van der Waals surface area contributed by atoms with E-state index >= 15 is 0 Å². The summed E-state index contributed by atoms with van der Waals surface area (Å²) >= 11 is 0. The molecular weight excluding hydrogens is 320 g/mol. The van der Waals surface area contributed by atoms with Crippen molar-refractivity contribution < 1.29 is 14.6 Å². The van der Waals surface area contributed by atoms with E-state index in [0.29, 0.717) is 17.2 Å². The zero-order valence-electron chi connectivity index (χ0n) is 14.3. The maximum absolute atomic E-state index is 11.9. The van der Waals surface area contributed by atoms with Crippen molar-refractivity contribution in [3.63, 3.8) is 0 Å². The fourth-order valence-corrected chi connectivity index (χ4v) is 3.84. The van der Waals surface area contributed by atoms with Gasteiger partial charge in [0.05, 0.1) is 24.1 Å². The molecule has 1 atom stereocenters. The molecule has 1 fully saturated rings. The number of carboxylic acid groups (broad SMARTS) is 1. The molecule has 2 aromatic rings. The Kier molecular flexibility index (Phi) is 4.27. The van der Waals surface area contributed by atoms with Gasteiger partial charge in [-0.25, -0.2) is 4.79 Å². The van der Waals surface area contributed by atoms with Crippen LogP contribution in [0.5, 0.6) is 0 Å². The zero-order valence-corrected chi connectivity index (χ0v) is 14.3. The number of hydrogen-bond donors (Lipinski definition) is 1. The summed E-state index contributed by atoms with van der Waals surface area (Å²) in [7, 11) is 1.81. The largest absolute Gasteiger partial charge is 0.478 e. The fourth-order valence-electron chi connectivity index (χ4n) is 3.84. The van der Waals surface area contributed by atoms with Crippen LogP contribution in [0.2, 0.25) is 0 Å². The first kappa shape index (κ1) is 16.2. The molecule has 1 saturated heterocycles. The summed E-state index contributed by atoms with van der Waals surface area (Å²) in [5.41, 5.74) is 3.52. The Labute approximate surface area is 146 Å². The molecule has 4 rings (SSSR count). The second-order valence-corrected chi connectivity index (χ2v) is 6.91. The Bertz CT molecular complexity index is 796. The molecule has 0 amide bonds. The van der Waals surface area contributed by atoms with Crippen LogP contribution in [0.3, 0.4) is 0 Å². The SMILES string of the molecule is Cn1cc(-c2ncc3c(c2C(=O)O)CCN(C[C@@H]2CCOC2)C3)cn1. The molecule has 0 bridgehead atoms. The van der Waals surface area contributed by atoms with Crippen LogP contribution < -0.4 is 0 Å². The topological polar surface area (TPSA) is 80.5 Å². The van der Waals surface area contributed by atoms with Crippen molar-refractivity contribution >= 4 is 5.97 Å². The minimum absolute atomic E-state index is 0.328. The monoisotopic (exact) mass is 342 g/mol. The summed E-state index contributed by atoms with van der Waals surface area (Å²) < 4.78 is 7.12. The molecule has 0 saturated carbocycles. The Balaban J connectivity index is 1.64. The number of carbonyl (C=O) groups is 1. The molecule has 132 valence electrons. The summed E-state index contributed by atoms with van der Waals surface area (Å²) in [6.07, 6.45) is 7.15. The van der Waals surface area contributed by atoms with E-state index in [0.717, 1.165) is 62.4 Å². The van der Waals surface area contributed by atoms with Crippen LogP contribution in [0.1, 0.15) is 27.9 Å². The van der Waals surface area contributed by atoms with Crippen molar-refractivity contribution in [1.82, 2.24) is 19.7 Å². The van der Waals surface area contributed by atoms with Gasteiger partial charge in [-0.05, 0) is 29.9 Å². The normalized spacial score (nSPS) is 20.6. The average Bonchev–Trinajstić information content (AvgIpc) is 3.25. The highest BCUT2D eigenvalue weighted by atomic mass is 16.5. The second kappa shape index (κ2) is 6.57. The molecule has 0 radical (unpaired) electrons. The van der Waals surface area contributed by atoms with E-state index in [2.05, 4.69) is 15.0 Å². The average molecular weight is 342 g/mol. The first-order chi connectivity index (χ1) is 12.1. The van der Waals surface area contributed by atoms with Crippen LogP contribution in [-0.4, -0.2) is 57.0 Å². The lowest BCUT2D eigenvalue weighted by atomic mass is 9.92. The van der Waals surface area contributed by atoms with Gasteiger partial charge in [0.1, 0.15) is 0 Å². The third-order valence-corrected chi connectivity index (χ3v) is 5.08. The minimum atomic E-state index is -0.916. The molecule has 2 aliphatic heterocycles. The molecule has 1 N–H and O–H groups in total. The number of aromatic carboxylic acids is 1. The Morgan fingerprint density at radius 2 is 2.32 bits per heavy atom. The number of fused-ring (bicyclic) bond motifs is 1. The predicted molar refractivity (Wildman–Crippen MR) is 91.3 cm³/mol. The molecule has 0 aliphatic carbocycles. The van der Waals surface area contributed by atoms with Crippen LogP contribution >= 0.6 is 0 Å². The van der Waals surface area contributed by atoms with Crippen molar-refractivity contribution in [3.05, 3.63) is 35.3 Å². The lowest BCUT2D eigenvalue weighted by Gasteiger charge is -2.31. The maximum Gasteiger partial charge on any atom is 0.338 e. The molecule has 4 heterocycles. The molecule has 0 aromatic carbocycles. The van der Waals surface area contributed by atoms with Crippen molar-refractivity contribution in [1.29, 1.82) is 0 Å². The van der Waals surface area contributed by atoms with E-state index in [-0.39, 0.29) is 0 Å². The molecule has 7 nitrogen and oxygen atoms in total.